The van der Waals surface area contributed by atoms with E-state index in [0.717, 1.165) is 28.5 Å². The molecule has 2 aromatic carbocycles. The Labute approximate surface area is 228 Å². The Hall–Kier alpha value is -4.01. The third-order valence-corrected chi connectivity index (χ3v) is 7.17. The fraction of sp³-hybridized carbons (Fsp3) is 0.233. The second-order valence-electron chi connectivity index (χ2n) is 9.53. The third kappa shape index (κ3) is 4.92. The molecule has 0 bridgehead atoms. The highest BCUT2D eigenvalue weighted by molar-refractivity contribution is 7.80. The number of aromatic nitrogens is 2. The van der Waals surface area contributed by atoms with Gasteiger partial charge in [0.25, 0.3) is 0 Å². The summed E-state index contributed by atoms with van der Waals surface area (Å²) in [5, 5.41) is 7.01. The van der Waals surface area contributed by atoms with Crippen LogP contribution in [-0.4, -0.2) is 34.3 Å². The summed E-state index contributed by atoms with van der Waals surface area (Å²) < 4.78 is 7.22. The highest BCUT2D eigenvalue weighted by Crippen LogP contribution is 2.44. The predicted octanol–water partition coefficient (Wildman–Crippen LogP) is 5.56. The van der Waals surface area contributed by atoms with E-state index in [1.54, 1.807) is 0 Å². The van der Waals surface area contributed by atoms with Crippen molar-refractivity contribution in [2.75, 3.05) is 23.9 Å². The zero-order chi connectivity index (χ0) is 26.8. The Morgan fingerprint density at radius 3 is 2.50 bits per heavy atom. The summed E-state index contributed by atoms with van der Waals surface area (Å²) in [5.41, 5.74) is 8.37. The number of methoxy groups -OCH3 is 1. The van der Waals surface area contributed by atoms with Crippen molar-refractivity contribution in [1.29, 1.82) is 0 Å². The molecule has 0 spiro atoms. The molecule has 4 aromatic rings. The number of benzene rings is 2. The Balaban J connectivity index is 1.58. The molecule has 8 heteroatoms. The van der Waals surface area contributed by atoms with Gasteiger partial charge in [-0.3, -0.25) is 9.78 Å². The summed E-state index contributed by atoms with van der Waals surface area (Å²) in [4.78, 5) is 18.8. The molecule has 0 unspecified atom stereocenters. The number of thiocarbonyl (C=S) groups is 1. The monoisotopic (exact) mass is 525 g/mol. The van der Waals surface area contributed by atoms with E-state index in [1.807, 2.05) is 48.7 Å². The first-order valence-corrected chi connectivity index (χ1v) is 12.9. The van der Waals surface area contributed by atoms with Gasteiger partial charge in [0, 0.05) is 41.8 Å². The first kappa shape index (κ1) is 25.6. The number of rotatable bonds is 7. The summed E-state index contributed by atoms with van der Waals surface area (Å²) >= 11 is 5.90. The summed E-state index contributed by atoms with van der Waals surface area (Å²) in [6.07, 6.45) is 1.81. The maximum absolute atomic E-state index is 12.0. The minimum atomic E-state index is -0.199. The summed E-state index contributed by atoms with van der Waals surface area (Å²) in [5.74, 6) is -0.199. The molecular formula is C30H31N5O2S. The molecule has 1 saturated heterocycles. The molecule has 194 valence electrons. The standard InChI is InChI=1S/C30H31N5O2S/c1-19-8-7-9-24(16-19)34-20(2)17-25(21(34)3)29-28(26-10-5-6-15-31-26)33-30(38)35(29)23-13-11-22(12-14-23)32-27(36)18-37-4/h5-17,28-29H,18H2,1-4H3,(H,32,36)(H,33,38)/t28-,29-/m0/s1. The first-order valence-electron chi connectivity index (χ1n) is 12.5. The number of carbonyl (C=O) groups is 1. The van der Waals surface area contributed by atoms with E-state index in [9.17, 15) is 4.79 Å². The van der Waals surface area contributed by atoms with Gasteiger partial charge in [-0.2, -0.15) is 0 Å². The lowest BCUT2D eigenvalue weighted by molar-refractivity contribution is -0.119. The van der Waals surface area contributed by atoms with Crippen molar-refractivity contribution in [1.82, 2.24) is 14.9 Å². The van der Waals surface area contributed by atoms with Gasteiger partial charge in [-0.05, 0) is 98.7 Å². The van der Waals surface area contributed by atoms with E-state index >= 15 is 0 Å². The number of amides is 1. The number of hydrogen-bond acceptors (Lipinski definition) is 4. The van der Waals surface area contributed by atoms with Gasteiger partial charge in [0.15, 0.2) is 5.11 Å². The van der Waals surface area contributed by atoms with Gasteiger partial charge in [-0.25, -0.2) is 0 Å². The minimum Gasteiger partial charge on any atom is -0.375 e. The second-order valence-corrected chi connectivity index (χ2v) is 9.91. The summed E-state index contributed by atoms with van der Waals surface area (Å²) in [6, 6.07) is 24.2. The lowest BCUT2D eigenvalue weighted by atomic mass is 9.96. The number of nitrogens with zero attached hydrogens (tertiary/aromatic N) is 3. The van der Waals surface area contributed by atoms with Crippen molar-refractivity contribution in [3.63, 3.8) is 0 Å². The van der Waals surface area contributed by atoms with Crippen molar-refractivity contribution < 1.29 is 9.53 Å². The molecule has 1 fully saturated rings. The molecule has 1 aliphatic rings. The minimum absolute atomic E-state index is 0.00622. The van der Waals surface area contributed by atoms with E-state index in [0.29, 0.717) is 10.8 Å². The second kappa shape index (κ2) is 10.8. The molecule has 5 rings (SSSR count). The fourth-order valence-electron chi connectivity index (χ4n) is 5.23. The zero-order valence-electron chi connectivity index (χ0n) is 21.9. The van der Waals surface area contributed by atoms with Gasteiger partial charge in [-0.1, -0.05) is 18.2 Å². The Bertz CT molecular complexity index is 1470. The quantitative estimate of drug-likeness (QED) is 0.308. The number of anilines is 2. The molecule has 1 amide bonds. The van der Waals surface area contributed by atoms with Crippen LogP contribution in [0.5, 0.6) is 0 Å². The molecule has 7 nitrogen and oxygen atoms in total. The molecule has 38 heavy (non-hydrogen) atoms. The van der Waals surface area contributed by atoms with Gasteiger partial charge in [0.05, 0.1) is 17.8 Å². The number of hydrogen-bond donors (Lipinski definition) is 2. The lowest BCUT2D eigenvalue weighted by Gasteiger charge is -2.28. The summed E-state index contributed by atoms with van der Waals surface area (Å²) in [6.45, 7) is 6.41. The van der Waals surface area contributed by atoms with Gasteiger partial charge in [0.1, 0.15) is 6.61 Å². The van der Waals surface area contributed by atoms with Crippen LogP contribution in [0.1, 0.15) is 40.3 Å². The Morgan fingerprint density at radius 1 is 1.03 bits per heavy atom. The molecule has 0 radical (unpaired) electrons. The van der Waals surface area contributed by atoms with Crippen LogP contribution < -0.4 is 15.5 Å². The molecule has 0 aliphatic carbocycles. The van der Waals surface area contributed by atoms with Crippen molar-refractivity contribution >= 4 is 34.6 Å². The topological polar surface area (TPSA) is 71.4 Å². The van der Waals surface area contributed by atoms with Crippen LogP contribution in [0.3, 0.4) is 0 Å². The molecule has 0 saturated carbocycles. The molecular weight excluding hydrogens is 494 g/mol. The van der Waals surface area contributed by atoms with E-state index in [2.05, 4.69) is 76.2 Å². The van der Waals surface area contributed by atoms with E-state index in [1.165, 1.54) is 18.2 Å². The smallest absolute Gasteiger partial charge is 0.250 e. The zero-order valence-corrected chi connectivity index (χ0v) is 22.8. The van der Waals surface area contributed by atoms with Crippen LogP contribution in [0.4, 0.5) is 11.4 Å². The van der Waals surface area contributed by atoms with E-state index < -0.39 is 0 Å². The summed E-state index contributed by atoms with van der Waals surface area (Å²) in [7, 11) is 1.50. The highest BCUT2D eigenvalue weighted by atomic mass is 32.1. The number of aryl methyl sites for hydroxylation is 2. The van der Waals surface area contributed by atoms with Gasteiger partial charge in [-0.15, -0.1) is 0 Å². The van der Waals surface area contributed by atoms with Crippen LogP contribution in [0.15, 0.2) is 79.0 Å². The van der Waals surface area contributed by atoms with Crippen LogP contribution in [0, 0.1) is 20.8 Å². The first-order chi connectivity index (χ1) is 18.4. The van der Waals surface area contributed by atoms with Crippen LogP contribution in [-0.2, 0) is 9.53 Å². The van der Waals surface area contributed by atoms with Crippen LogP contribution in [0.25, 0.3) is 5.69 Å². The van der Waals surface area contributed by atoms with Gasteiger partial charge < -0.3 is 24.8 Å². The van der Waals surface area contributed by atoms with Crippen molar-refractivity contribution in [3.05, 3.63) is 107 Å². The largest absolute Gasteiger partial charge is 0.375 e. The number of carbonyl (C=O) groups excluding carboxylic acids is 1. The van der Waals surface area contributed by atoms with Crippen molar-refractivity contribution in [2.24, 2.45) is 0 Å². The normalized spacial score (nSPS) is 16.9. The molecule has 2 atom stereocenters. The Kier molecular flexibility index (Phi) is 7.26. The van der Waals surface area contributed by atoms with E-state index in [-0.39, 0.29) is 24.6 Å². The maximum atomic E-state index is 12.0. The predicted molar refractivity (Wildman–Crippen MR) is 155 cm³/mol. The van der Waals surface area contributed by atoms with Crippen molar-refractivity contribution in [2.45, 2.75) is 32.9 Å². The average molecular weight is 526 g/mol. The molecule has 2 N–H and O–H groups in total. The Morgan fingerprint density at radius 2 is 1.82 bits per heavy atom. The number of nitrogens with one attached hydrogen (secondary N) is 2. The molecule has 1 aliphatic heterocycles. The number of ether oxygens (including phenoxy) is 1. The maximum Gasteiger partial charge on any atom is 0.250 e. The van der Waals surface area contributed by atoms with Crippen LogP contribution in [0.2, 0.25) is 0 Å². The van der Waals surface area contributed by atoms with E-state index in [4.69, 9.17) is 17.0 Å². The third-order valence-electron chi connectivity index (χ3n) is 6.85. The molecule has 3 heterocycles. The van der Waals surface area contributed by atoms with Gasteiger partial charge >= 0.3 is 0 Å². The van der Waals surface area contributed by atoms with Gasteiger partial charge in [0.2, 0.25) is 5.91 Å². The average Bonchev–Trinajstić information content (AvgIpc) is 3.40. The fourth-order valence-corrected chi connectivity index (χ4v) is 5.58. The lowest BCUT2D eigenvalue weighted by Crippen LogP contribution is -2.29. The molecule has 2 aromatic heterocycles. The van der Waals surface area contributed by atoms with Crippen LogP contribution >= 0.6 is 12.2 Å². The highest BCUT2D eigenvalue weighted by Gasteiger charge is 2.42. The SMILES string of the molecule is COCC(=O)Nc1ccc(N2C(=S)N[C@@H](c3ccccn3)[C@@H]2c2cc(C)n(-c3cccc(C)c3)c2C)cc1. The van der Waals surface area contributed by atoms with Crippen molar-refractivity contribution in [3.8, 4) is 5.69 Å². The number of pyridine rings is 1.